The monoisotopic (exact) mass is 469 g/mol. The van der Waals surface area contributed by atoms with Gasteiger partial charge in [0.15, 0.2) is 0 Å². The fourth-order valence-corrected chi connectivity index (χ4v) is 3.89. The summed E-state index contributed by atoms with van der Waals surface area (Å²) in [5, 5.41) is 2.32. The summed E-state index contributed by atoms with van der Waals surface area (Å²) in [6, 6.07) is 14.3. The number of aromatic amines is 1. The van der Waals surface area contributed by atoms with Crippen molar-refractivity contribution in [3.63, 3.8) is 0 Å². The van der Waals surface area contributed by atoms with Crippen molar-refractivity contribution in [1.82, 2.24) is 19.4 Å². The van der Waals surface area contributed by atoms with Crippen molar-refractivity contribution in [3.05, 3.63) is 82.8 Å². The van der Waals surface area contributed by atoms with Crippen LogP contribution < -0.4 is 5.32 Å². The third-order valence-corrected chi connectivity index (χ3v) is 5.56. The number of carbonyl (C=O) groups excluding carboxylic acids is 1. The molecule has 0 aliphatic heterocycles. The summed E-state index contributed by atoms with van der Waals surface area (Å²) >= 11 is 5.84. The van der Waals surface area contributed by atoms with Crippen LogP contribution in [0.3, 0.4) is 0 Å². The molecule has 0 radical (unpaired) electrons. The van der Waals surface area contributed by atoms with Crippen LogP contribution >= 0.6 is 11.6 Å². The molecule has 1 amide bonds. The quantitative estimate of drug-likeness (QED) is 0.335. The Balaban J connectivity index is 1.42. The van der Waals surface area contributed by atoms with Crippen molar-refractivity contribution in [2.45, 2.75) is 13.1 Å². The zero-order valence-electron chi connectivity index (χ0n) is 17.0. The number of nitrogens with zero attached hydrogens (tertiary/aromatic N) is 3. The minimum Gasteiger partial charge on any atom is -0.324 e. The van der Waals surface area contributed by atoms with E-state index in [9.17, 15) is 18.0 Å². The fraction of sp³-hybridized carbons (Fsp3) is 0.0870. The first-order valence-corrected chi connectivity index (χ1v) is 10.2. The van der Waals surface area contributed by atoms with E-state index in [1.807, 2.05) is 23.5 Å². The summed E-state index contributed by atoms with van der Waals surface area (Å²) in [4.78, 5) is 24.4. The van der Waals surface area contributed by atoms with E-state index < -0.39 is 17.6 Å². The van der Waals surface area contributed by atoms with Gasteiger partial charge in [-0.1, -0.05) is 29.8 Å². The highest BCUT2D eigenvalue weighted by atomic mass is 35.5. The van der Waals surface area contributed by atoms with Crippen LogP contribution in [0.2, 0.25) is 5.02 Å². The van der Waals surface area contributed by atoms with Crippen LogP contribution in [0.5, 0.6) is 0 Å². The number of anilines is 1. The van der Waals surface area contributed by atoms with Crippen molar-refractivity contribution in [3.8, 4) is 11.1 Å². The molecule has 0 saturated carbocycles. The first-order chi connectivity index (χ1) is 15.7. The van der Waals surface area contributed by atoms with Crippen LogP contribution in [-0.2, 0) is 6.18 Å². The highest BCUT2D eigenvalue weighted by Crippen LogP contribution is 2.37. The van der Waals surface area contributed by atoms with Crippen molar-refractivity contribution in [2.75, 3.05) is 5.32 Å². The molecule has 2 aromatic carbocycles. The number of H-pyrrole nitrogens is 1. The van der Waals surface area contributed by atoms with Crippen LogP contribution in [0.1, 0.15) is 21.7 Å². The third kappa shape index (κ3) is 3.91. The molecule has 0 atom stereocenters. The zero-order chi connectivity index (χ0) is 23.3. The van der Waals surface area contributed by atoms with Crippen LogP contribution in [0.15, 0.2) is 60.8 Å². The molecule has 0 aliphatic rings. The number of amides is 1. The molecular formula is C23H15ClF3N5O. The molecule has 6 nitrogen and oxygen atoms in total. The van der Waals surface area contributed by atoms with Crippen LogP contribution in [-0.4, -0.2) is 25.3 Å². The summed E-state index contributed by atoms with van der Waals surface area (Å²) < 4.78 is 40.7. The Bertz CT molecular complexity index is 1540. The van der Waals surface area contributed by atoms with Crippen LogP contribution in [0.25, 0.3) is 27.8 Å². The van der Waals surface area contributed by atoms with Gasteiger partial charge in [-0.25, -0.2) is 9.97 Å². The Kier molecular flexibility index (Phi) is 4.86. The second-order valence-electron chi connectivity index (χ2n) is 7.49. The number of nitrogens with one attached hydrogen (secondary N) is 2. The lowest BCUT2D eigenvalue weighted by Crippen LogP contribution is -2.13. The molecule has 5 aromatic rings. The number of alkyl halides is 3. The van der Waals surface area contributed by atoms with Gasteiger partial charge >= 0.3 is 6.18 Å². The molecule has 0 unspecified atom stereocenters. The molecule has 33 heavy (non-hydrogen) atoms. The lowest BCUT2D eigenvalue weighted by Gasteiger charge is -2.10. The average molecular weight is 470 g/mol. The van der Waals surface area contributed by atoms with E-state index in [-0.39, 0.29) is 16.7 Å². The summed E-state index contributed by atoms with van der Waals surface area (Å²) in [5.74, 6) is -0.196. The maximum Gasteiger partial charge on any atom is 0.417 e. The maximum atomic E-state index is 13.0. The van der Waals surface area contributed by atoms with Gasteiger partial charge in [-0.15, -0.1) is 0 Å². The number of aryl methyl sites for hydroxylation is 1. The maximum absolute atomic E-state index is 13.0. The molecule has 5 rings (SSSR count). The number of aromatic nitrogens is 4. The minimum absolute atomic E-state index is 0.228. The van der Waals surface area contributed by atoms with Gasteiger partial charge in [0.05, 0.1) is 21.6 Å². The smallest absolute Gasteiger partial charge is 0.324 e. The number of hydrogen-bond acceptors (Lipinski definition) is 3. The fourth-order valence-electron chi connectivity index (χ4n) is 3.60. The standard InChI is InChI=1S/C23H15ClF3N5O/c1-12-3-2-4-20-28-19(11-32(12)20)21(33)31-22-29-17-8-6-14(10-18(17)30-22)13-5-7-15(16(24)9-13)23(25,26)27/h2-11H,1H3,(H2,29,30,31,33). The van der Waals surface area contributed by atoms with Gasteiger partial charge in [0, 0.05) is 11.9 Å². The second-order valence-corrected chi connectivity index (χ2v) is 7.89. The van der Waals surface area contributed by atoms with Crippen molar-refractivity contribution in [2.24, 2.45) is 0 Å². The number of imidazole rings is 2. The Morgan fingerprint density at radius 1 is 1.06 bits per heavy atom. The summed E-state index contributed by atoms with van der Waals surface area (Å²) in [7, 11) is 0. The molecule has 166 valence electrons. The Morgan fingerprint density at radius 3 is 2.55 bits per heavy atom. The predicted molar refractivity (Wildman–Crippen MR) is 119 cm³/mol. The lowest BCUT2D eigenvalue weighted by atomic mass is 10.0. The van der Waals surface area contributed by atoms with Gasteiger partial charge in [-0.05, 0) is 54.4 Å². The summed E-state index contributed by atoms with van der Waals surface area (Å²) in [6.07, 6.45) is -2.87. The van der Waals surface area contributed by atoms with E-state index in [1.54, 1.807) is 30.5 Å². The van der Waals surface area contributed by atoms with Gasteiger partial charge in [-0.3, -0.25) is 10.1 Å². The topological polar surface area (TPSA) is 75.1 Å². The first kappa shape index (κ1) is 21.0. The largest absolute Gasteiger partial charge is 0.417 e. The number of rotatable bonds is 3. The van der Waals surface area contributed by atoms with Crippen molar-refractivity contribution in [1.29, 1.82) is 0 Å². The van der Waals surface area contributed by atoms with Crippen molar-refractivity contribution < 1.29 is 18.0 Å². The van der Waals surface area contributed by atoms with Gasteiger partial charge < -0.3 is 9.38 Å². The summed E-state index contributed by atoms with van der Waals surface area (Å²) in [6.45, 7) is 1.91. The molecule has 3 aromatic heterocycles. The van der Waals surface area contributed by atoms with Gasteiger partial charge in [0.25, 0.3) is 5.91 Å². The minimum atomic E-state index is -4.52. The van der Waals surface area contributed by atoms with Gasteiger partial charge in [0.1, 0.15) is 11.3 Å². The number of carbonyl (C=O) groups is 1. The molecule has 0 fully saturated rings. The molecular weight excluding hydrogens is 455 g/mol. The zero-order valence-corrected chi connectivity index (χ0v) is 17.8. The molecule has 3 heterocycles. The average Bonchev–Trinajstić information content (AvgIpc) is 3.36. The number of hydrogen-bond donors (Lipinski definition) is 2. The van der Waals surface area contributed by atoms with E-state index >= 15 is 0 Å². The Hall–Kier alpha value is -3.85. The highest BCUT2D eigenvalue weighted by Gasteiger charge is 2.33. The van der Waals surface area contributed by atoms with Crippen molar-refractivity contribution >= 4 is 40.1 Å². The molecule has 2 N–H and O–H groups in total. The predicted octanol–water partition coefficient (Wildman–Crippen LogP) is 6.11. The molecule has 0 aliphatic carbocycles. The first-order valence-electron chi connectivity index (χ1n) is 9.82. The lowest BCUT2D eigenvalue weighted by molar-refractivity contribution is -0.137. The van der Waals surface area contributed by atoms with E-state index in [1.165, 1.54) is 12.1 Å². The number of pyridine rings is 1. The Labute approximate surface area is 190 Å². The molecule has 0 saturated heterocycles. The normalized spacial score (nSPS) is 11.9. The summed E-state index contributed by atoms with van der Waals surface area (Å²) in [5.41, 5.74) is 3.29. The Morgan fingerprint density at radius 2 is 1.82 bits per heavy atom. The van der Waals surface area contributed by atoms with Crippen LogP contribution in [0, 0.1) is 6.92 Å². The number of halogens is 4. The van der Waals surface area contributed by atoms with E-state index in [4.69, 9.17) is 11.6 Å². The highest BCUT2D eigenvalue weighted by molar-refractivity contribution is 6.31. The van der Waals surface area contributed by atoms with E-state index in [0.29, 0.717) is 27.8 Å². The molecule has 10 heteroatoms. The van der Waals surface area contributed by atoms with Crippen LogP contribution in [0.4, 0.5) is 19.1 Å². The van der Waals surface area contributed by atoms with Gasteiger partial charge in [-0.2, -0.15) is 13.2 Å². The third-order valence-electron chi connectivity index (χ3n) is 5.25. The molecule has 0 spiro atoms. The molecule has 0 bridgehead atoms. The van der Waals surface area contributed by atoms with E-state index in [2.05, 4.69) is 20.3 Å². The second kappa shape index (κ2) is 7.63. The van der Waals surface area contributed by atoms with Gasteiger partial charge in [0.2, 0.25) is 5.95 Å². The SMILES string of the molecule is Cc1cccc2nc(C(=O)Nc3nc4cc(-c5ccc(C(F)(F)F)c(Cl)c5)ccc4[nH]3)cn12. The number of benzene rings is 2. The number of fused-ring (bicyclic) bond motifs is 2. The van der Waals surface area contributed by atoms with E-state index in [0.717, 1.165) is 11.8 Å².